The van der Waals surface area contributed by atoms with Gasteiger partial charge in [0.15, 0.2) is 0 Å². The van der Waals surface area contributed by atoms with E-state index in [9.17, 15) is 9.18 Å². The second-order valence-electron chi connectivity index (χ2n) is 3.95. The van der Waals surface area contributed by atoms with Gasteiger partial charge in [-0.2, -0.15) is 0 Å². The Morgan fingerprint density at radius 2 is 2.35 bits per heavy atom. The van der Waals surface area contributed by atoms with Crippen LogP contribution in [0, 0.1) is 5.82 Å². The highest BCUT2D eigenvalue weighted by Crippen LogP contribution is 2.18. The molecule has 5 heteroatoms. The Balaban J connectivity index is 1.79. The van der Waals surface area contributed by atoms with Crippen LogP contribution in [0.25, 0.3) is 0 Å². The summed E-state index contributed by atoms with van der Waals surface area (Å²) in [7, 11) is 0. The number of anilines is 1. The third-order valence-electron chi connectivity index (χ3n) is 2.61. The van der Waals surface area contributed by atoms with E-state index in [1.54, 1.807) is 30.0 Å². The maximum absolute atomic E-state index is 13.3. The van der Waals surface area contributed by atoms with E-state index in [-0.39, 0.29) is 11.6 Å². The molecule has 2 rings (SSSR count). The summed E-state index contributed by atoms with van der Waals surface area (Å²) >= 11 is 1.62. The van der Waals surface area contributed by atoms with E-state index in [2.05, 4.69) is 10.6 Å². The third-order valence-corrected chi connectivity index (χ3v) is 3.92. The van der Waals surface area contributed by atoms with Crippen LogP contribution >= 0.6 is 11.8 Å². The fourth-order valence-corrected chi connectivity index (χ4v) is 2.69. The molecule has 0 aliphatic carbocycles. The molecule has 1 aromatic rings. The van der Waals surface area contributed by atoms with Crippen molar-refractivity contribution in [3.05, 3.63) is 30.1 Å². The van der Waals surface area contributed by atoms with Crippen LogP contribution in [0.3, 0.4) is 0 Å². The lowest BCUT2D eigenvalue weighted by Gasteiger charge is -2.09. The maximum Gasteiger partial charge on any atom is 0.234 e. The molecule has 1 aliphatic rings. The lowest BCUT2D eigenvalue weighted by Crippen LogP contribution is -2.18. The minimum Gasteiger partial charge on any atom is -0.323 e. The fourth-order valence-electron chi connectivity index (χ4n) is 1.71. The standard InChI is InChI=1S/C12H15FN2OS/c13-10-3-1-2-4-11(10)15-12(16)8-17-9-5-6-14-7-9/h1-4,9,14H,5-8H2,(H,15,16). The Morgan fingerprint density at radius 1 is 1.53 bits per heavy atom. The van der Waals surface area contributed by atoms with Crippen molar-refractivity contribution in [1.82, 2.24) is 5.32 Å². The molecule has 2 N–H and O–H groups in total. The number of hydrogen-bond donors (Lipinski definition) is 2. The van der Waals surface area contributed by atoms with Crippen LogP contribution in [0.1, 0.15) is 6.42 Å². The van der Waals surface area contributed by atoms with Crippen molar-refractivity contribution >= 4 is 23.4 Å². The number of benzene rings is 1. The number of carbonyl (C=O) groups excluding carboxylic acids is 1. The van der Waals surface area contributed by atoms with Gasteiger partial charge in [0.1, 0.15) is 5.82 Å². The largest absolute Gasteiger partial charge is 0.323 e. The van der Waals surface area contributed by atoms with E-state index in [1.807, 2.05) is 0 Å². The van der Waals surface area contributed by atoms with Gasteiger partial charge >= 0.3 is 0 Å². The summed E-state index contributed by atoms with van der Waals surface area (Å²) in [5, 5.41) is 6.32. The SMILES string of the molecule is O=C(CSC1CCNC1)Nc1ccccc1F. The van der Waals surface area contributed by atoms with E-state index in [0.717, 1.165) is 19.5 Å². The monoisotopic (exact) mass is 254 g/mol. The second kappa shape index (κ2) is 6.02. The highest BCUT2D eigenvalue weighted by molar-refractivity contribution is 8.00. The van der Waals surface area contributed by atoms with Crippen molar-refractivity contribution in [2.45, 2.75) is 11.7 Å². The molecule has 1 aliphatic heterocycles. The van der Waals surface area contributed by atoms with Crippen molar-refractivity contribution in [2.24, 2.45) is 0 Å². The van der Waals surface area contributed by atoms with Crippen LogP contribution in [0.2, 0.25) is 0 Å². The first-order valence-corrected chi connectivity index (χ1v) is 6.67. The quantitative estimate of drug-likeness (QED) is 0.861. The Morgan fingerprint density at radius 3 is 3.06 bits per heavy atom. The zero-order valence-electron chi connectivity index (χ0n) is 9.41. The molecular formula is C12H15FN2OS. The van der Waals surface area contributed by atoms with E-state index >= 15 is 0 Å². The van der Waals surface area contributed by atoms with Crippen LogP contribution < -0.4 is 10.6 Å². The topological polar surface area (TPSA) is 41.1 Å². The molecule has 1 saturated heterocycles. The number of amides is 1. The van der Waals surface area contributed by atoms with Gasteiger partial charge in [-0.15, -0.1) is 11.8 Å². The van der Waals surface area contributed by atoms with E-state index in [4.69, 9.17) is 0 Å². The van der Waals surface area contributed by atoms with E-state index in [0.29, 0.717) is 11.0 Å². The number of nitrogens with one attached hydrogen (secondary N) is 2. The highest BCUT2D eigenvalue weighted by Gasteiger charge is 2.16. The fraction of sp³-hybridized carbons (Fsp3) is 0.417. The van der Waals surface area contributed by atoms with Crippen LogP contribution in [0.4, 0.5) is 10.1 Å². The van der Waals surface area contributed by atoms with E-state index < -0.39 is 5.82 Å². The predicted molar refractivity (Wildman–Crippen MR) is 68.8 cm³/mol. The highest BCUT2D eigenvalue weighted by atomic mass is 32.2. The van der Waals surface area contributed by atoms with Crippen molar-refractivity contribution in [3.8, 4) is 0 Å². The van der Waals surface area contributed by atoms with Gasteiger partial charge in [0.2, 0.25) is 5.91 Å². The number of rotatable bonds is 4. The lowest BCUT2D eigenvalue weighted by molar-refractivity contribution is -0.113. The number of halogens is 1. The zero-order valence-corrected chi connectivity index (χ0v) is 10.2. The first kappa shape index (κ1) is 12.4. The van der Waals surface area contributed by atoms with Crippen molar-refractivity contribution < 1.29 is 9.18 Å². The molecule has 0 aromatic heterocycles. The molecule has 1 heterocycles. The minimum absolute atomic E-state index is 0.146. The Labute approximate surface area is 104 Å². The molecule has 0 saturated carbocycles. The average molecular weight is 254 g/mol. The summed E-state index contributed by atoms with van der Waals surface area (Å²) < 4.78 is 13.3. The molecule has 1 unspecified atom stereocenters. The van der Waals surface area contributed by atoms with Gasteiger partial charge in [0.25, 0.3) is 0 Å². The average Bonchev–Trinajstić information content (AvgIpc) is 2.82. The Bertz CT molecular complexity index is 394. The van der Waals surface area contributed by atoms with Gasteiger partial charge in [-0.05, 0) is 25.1 Å². The van der Waals surface area contributed by atoms with Crippen LogP contribution in [0.5, 0.6) is 0 Å². The second-order valence-corrected chi connectivity index (χ2v) is 5.24. The van der Waals surface area contributed by atoms with Gasteiger partial charge < -0.3 is 10.6 Å². The number of thioether (sulfide) groups is 1. The minimum atomic E-state index is -0.395. The number of hydrogen-bond acceptors (Lipinski definition) is 3. The van der Waals surface area contributed by atoms with Gasteiger partial charge in [0.05, 0.1) is 11.4 Å². The predicted octanol–water partition coefficient (Wildman–Crippen LogP) is 1.86. The summed E-state index contributed by atoms with van der Waals surface area (Å²) in [6, 6.07) is 6.20. The molecule has 0 bridgehead atoms. The van der Waals surface area contributed by atoms with Crippen LogP contribution in [-0.4, -0.2) is 30.0 Å². The molecule has 0 spiro atoms. The summed E-state index contributed by atoms with van der Waals surface area (Å²) in [5.41, 5.74) is 0.252. The molecule has 17 heavy (non-hydrogen) atoms. The molecule has 3 nitrogen and oxygen atoms in total. The maximum atomic E-state index is 13.3. The van der Waals surface area contributed by atoms with E-state index in [1.165, 1.54) is 6.07 Å². The smallest absolute Gasteiger partial charge is 0.234 e. The number of para-hydroxylation sites is 1. The molecule has 1 fully saturated rings. The number of carbonyl (C=O) groups is 1. The molecule has 92 valence electrons. The zero-order chi connectivity index (χ0) is 12.1. The summed E-state index contributed by atoms with van der Waals surface area (Å²) in [5.74, 6) is -0.166. The first-order valence-electron chi connectivity index (χ1n) is 5.62. The summed E-state index contributed by atoms with van der Waals surface area (Å²) in [4.78, 5) is 11.6. The Kier molecular flexibility index (Phi) is 4.39. The summed E-state index contributed by atoms with van der Waals surface area (Å²) in [6.45, 7) is 1.98. The van der Waals surface area contributed by atoms with Gasteiger partial charge in [-0.1, -0.05) is 12.1 Å². The van der Waals surface area contributed by atoms with Gasteiger partial charge in [0, 0.05) is 11.8 Å². The normalized spacial score (nSPS) is 19.2. The molecular weight excluding hydrogens is 239 g/mol. The van der Waals surface area contributed by atoms with Crippen LogP contribution in [0.15, 0.2) is 24.3 Å². The van der Waals surface area contributed by atoms with Crippen LogP contribution in [-0.2, 0) is 4.79 Å². The van der Waals surface area contributed by atoms with Crippen molar-refractivity contribution in [3.63, 3.8) is 0 Å². The Hall–Kier alpha value is -1.07. The molecule has 1 atom stereocenters. The molecule has 1 aromatic carbocycles. The van der Waals surface area contributed by atoms with Gasteiger partial charge in [-0.3, -0.25) is 4.79 Å². The van der Waals surface area contributed by atoms with Gasteiger partial charge in [-0.25, -0.2) is 4.39 Å². The molecule has 1 amide bonds. The summed E-state index contributed by atoms with van der Waals surface area (Å²) in [6.07, 6.45) is 1.09. The molecule has 0 radical (unpaired) electrons. The third kappa shape index (κ3) is 3.71. The van der Waals surface area contributed by atoms with Crippen molar-refractivity contribution in [1.29, 1.82) is 0 Å². The van der Waals surface area contributed by atoms with Crippen molar-refractivity contribution in [2.75, 3.05) is 24.2 Å². The lowest BCUT2D eigenvalue weighted by atomic mass is 10.3. The first-order chi connectivity index (χ1) is 8.25.